The van der Waals surface area contributed by atoms with E-state index in [0.29, 0.717) is 0 Å². The third-order valence-corrected chi connectivity index (χ3v) is 4.05. The largest absolute Gasteiger partial charge is 0.0845 e. The van der Waals surface area contributed by atoms with Gasteiger partial charge in [-0.3, -0.25) is 0 Å². The van der Waals surface area contributed by atoms with Crippen molar-refractivity contribution in [3.05, 3.63) is 22.8 Å². The van der Waals surface area contributed by atoms with Gasteiger partial charge in [-0.2, -0.15) is 0 Å². The lowest BCUT2D eigenvalue weighted by Gasteiger charge is -2.18. The van der Waals surface area contributed by atoms with Crippen molar-refractivity contribution < 1.29 is 0 Å². The zero-order valence-electron chi connectivity index (χ0n) is 10.3. The van der Waals surface area contributed by atoms with E-state index < -0.39 is 8.07 Å². The average Bonchev–Trinajstić information content (AvgIpc) is 1.98. The number of rotatable bonds is 3. The highest BCUT2D eigenvalue weighted by Crippen LogP contribution is 2.22. The quantitative estimate of drug-likeness (QED) is 0.456. The van der Waals surface area contributed by atoms with Gasteiger partial charge < -0.3 is 0 Å². The summed E-state index contributed by atoms with van der Waals surface area (Å²) in [4.78, 5) is 0. The molecule has 1 heteroatoms. The first-order valence-electron chi connectivity index (χ1n) is 5.07. The SMILES string of the molecule is C/C=C(C)/C(C)=C(\C)C[Si](C)(C)C. The van der Waals surface area contributed by atoms with Gasteiger partial charge in [-0.15, -0.1) is 0 Å². The standard InChI is InChI=1S/C12H24Si/c1-8-10(2)12(4)11(3)9-13(5,6)7/h8H,9H2,1-7H3/b10-8+,12-11+. The molecule has 0 unspecified atom stereocenters. The Labute approximate surface area is 84.8 Å². The van der Waals surface area contributed by atoms with E-state index in [-0.39, 0.29) is 0 Å². The van der Waals surface area contributed by atoms with Crippen LogP contribution < -0.4 is 0 Å². The van der Waals surface area contributed by atoms with Gasteiger partial charge in [-0.05, 0) is 39.3 Å². The predicted molar refractivity (Wildman–Crippen MR) is 66.0 cm³/mol. The monoisotopic (exact) mass is 196 g/mol. The Balaban J connectivity index is 4.65. The van der Waals surface area contributed by atoms with E-state index in [1.54, 1.807) is 5.57 Å². The Kier molecular flexibility index (Phi) is 4.69. The molecular formula is C12H24Si. The molecule has 0 aliphatic carbocycles. The van der Waals surface area contributed by atoms with Crippen LogP contribution in [0.25, 0.3) is 0 Å². The molecule has 0 amide bonds. The molecule has 0 bridgehead atoms. The first-order chi connectivity index (χ1) is 5.78. The van der Waals surface area contributed by atoms with Crippen molar-refractivity contribution in [3.63, 3.8) is 0 Å². The van der Waals surface area contributed by atoms with Crippen LogP contribution in [0.2, 0.25) is 25.7 Å². The molecule has 0 aliphatic heterocycles. The Morgan fingerprint density at radius 3 is 1.85 bits per heavy atom. The van der Waals surface area contributed by atoms with Crippen LogP contribution >= 0.6 is 0 Å². The maximum Gasteiger partial charge on any atom is 0.0483 e. The fourth-order valence-corrected chi connectivity index (χ4v) is 3.34. The molecule has 0 spiro atoms. The Bertz CT molecular complexity index is 226. The summed E-state index contributed by atoms with van der Waals surface area (Å²) >= 11 is 0. The summed E-state index contributed by atoms with van der Waals surface area (Å²) in [6.45, 7) is 16.1. The van der Waals surface area contributed by atoms with Crippen LogP contribution in [0.4, 0.5) is 0 Å². The van der Waals surface area contributed by atoms with E-state index in [4.69, 9.17) is 0 Å². The van der Waals surface area contributed by atoms with E-state index >= 15 is 0 Å². The highest BCUT2D eigenvalue weighted by Gasteiger charge is 2.14. The second-order valence-electron chi connectivity index (χ2n) is 5.11. The molecule has 13 heavy (non-hydrogen) atoms. The molecule has 0 atom stereocenters. The molecule has 0 fully saturated rings. The topological polar surface area (TPSA) is 0 Å². The summed E-state index contributed by atoms with van der Waals surface area (Å²) in [5.41, 5.74) is 4.50. The second kappa shape index (κ2) is 4.80. The van der Waals surface area contributed by atoms with Crippen LogP contribution in [0.5, 0.6) is 0 Å². The Morgan fingerprint density at radius 1 is 1.08 bits per heavy atom. The van der Waals surface area contributed by atoms with Gasteiger partial charge in [0, 0.05) is 8.07 Å². The van der Waals surface area contributed by atoms with Gasteiger partial charge in [0.05, 0.1) is 0 Å². The van der Waals surface area contributed by atoms with Gasteiger partial charge in [-0.25, -0.2) is 0 Å². The van der Waals surface area contributed by atoms with Crippen LogP contribution in [-0.2, 0) is 0 Å². The predicted octanol–water partition coefficient (Wildman–Crippen LogP) is 4.63. The normalized spacial score (nSPS) is 15.8. The lowest BCUT2D eigenvalue weighted by molar-refractivity contribution is 1.19. The second-order valence-corrected chi connectivity index (χ2v) is 10.6. The zero-order valence-corrected chi connectivity index (χ0v) is 11.3. The summed E-state index contributed by atoms with van der Waals surface area (Å²) in [5.74, 6) is 0. The van der Waals surface area contributed by atoms with E-state index in [2.05, 4.69) is 53.4 Å². The maximum absolute atomic E-state index is 2.43. The van der Waals surface area contributed by atoms with Crippen molar-refractivity contribution >= 4 is 8.07 Å². The molecular weight excluding hydrogens is 172 g/mol. The van der Waals surface area contributed by atoms with Gasteiger partial charge in [0.2, 0.25) is 0 Å². The zero-order chi connectivity index (χ0) is 10.6. The van der Waals surface area contributed by atoms with Crippen LogP contribution in [0.3, 0.4) is 0 Å². The van der Waals surface area contributed by atoms with E-state index in [1.807, 2.05) is 0 Å². The van der Waals surface area contributed by atoms with Crippen molar-refractivity contribution in [1.82, 2.24) is 0 Å². The van der Waals surface area contributed by atoms with Gasteiger partial charge in [-0.1, -0.05) is 36.9 Å². The molecule has 0 radical (unpaired) electrons. The molecule has 0 aromatic rings. The first kappa shape index (κ1) is 12.7. The molecule has 0 rings (SSSR count). The third-order valence-electron chi connectivity index (χ3n) is 2.46. The average molecular weight is 196 g/mol. The van der Waals surface area contributed by atoms with Crippen molar-refractivity contribution in [2.24, 2.45) is 0 Å². The van der Waals surface area contributed by atoms with Crippen LogP contribution in [0, 0.1) is 0 Å². The molecule has 0 nitrogen and oxygen atoms in total. The van der Waals surface area contributed by atoms with Crippen molar-refractivity contribution in [2.75, 3.05) is 0 Å². The van der Waals surface area contributed by atoms with Crippen LogP contribution in [-0.4, -0.2) is 8.07 Å². The molecule has 0 aliphatic rings. The van der Waals surface area contributed by atoms with Crippen molar-refractivity contribution in [1.29, 1.82) is 0 Å². The summed E-state index contributed by atoms with van der Waals surface area (Å²) in [5, 5.41) is 0. The first-order valence-corrected chi connectivity index (χ1v) is 8.78. The molecule has 0 N–H and O–H groups in total. The van der Waals surface area contributed by atoms with E-state index in [9.17, 15) is 0 Å². The lowest BCUT2D eigenvalue weighted by Crippen LogP contribution is -2.19. The van der Waals surface area contributed by atoms with Crippen LogP contribution in [0.15, 0.2) is 22.8 Å². The molecule has 0 heterocycles. The Morgan fingerprint density at radius 2 is 1.54 bits per heavy atom. The Hall–Kier alpha value is -0.303. The molecule has 0 aromatic carbocycles. The minimum absolute atomic E-state index is 0.927. The minimum atomic E-state index is -0.927. The highest BCUT2D eigenvalue weighted by atomic mass is 28.3. The maximum atomic E-state index is 2.43. The molecule has 76 valence electrons. The lowest BCUT2D eigenvalue weighted by atomic mass is 10.1. The summed E-state index contributed by atoms with van der Waals surface area (Å²) < 4.78 is 0. The number of hydrogen-bond donors (Lipinski definition) is 0. The summed E-state index contributed by atoms with van der Waals surface area (Å²) in [6.07, 6.45) is 2.20. The molecule has 0 saturated carbocycles. The molecule has 0 saturated heterocycles. The smallest absolute Gasteiger partial charge is 0.0483 e. The highest BCUT2D eigenvalue weighted by molar-refractivity contribution is 6.76. The van der Waals surface area contributed by atoms with Gasteiger partial charge in [0.1, 0.15) is 0 Å². The number of hydrogen-bond acceptors (Lipinski definition) is 0. The fraction of sp³-hybridized carbons (Fsp3) is 0.667. The van der Waals surface area contributed by atoms with Crippen molar-refractivity contribution in [3.8, 4) is 0 Å². The number of allylic oxidation sites excluding steroid dienone is 4. The molecule has 0 aromatic heterocycles. The fourth-order valence-electron chi connectivity index (χ4n) is 1.48. The van der Waals surface area contributed by atoms with Crippen LogP contribution in [0.1, 0.15) is 27.7 Å². The van der Waals surface area contributed by atoms with Gasteiger partial charge >= 0.3 is 0 Å². The van der Waals surface area contributed by atoms with E-state index in [1.165, 1.54) is 17.2 Å². The minimum Gasteiger partial charge on any atom is -0.0845 e. The van der Waals surface area contributed by atoms with Gasteiger partial charge in [0.15, 0.2) is 0 Å². The summed E-state index contributed by atoms with van der Waals surface area (Å²) in [7, 11) is -0.927. The van der Waals surface area contributed by atoms with Gasteiger partial charge in [0.25, 0.3) is 0 Å². The van der Waals surface area contributed by atoms with E-state index in [0.717, 1.165) is 0 Å². The van der Waals surface area contributed by atoms with Crippen molar-refractivity contribution in [2.45, 2.75) is 53.4 Å². The summed E-state index contributed by atoms with van der Waals surface area (Å²) in [6, 6.07) is 1.32. The third kappa shape index (κ3) is 5.09.